The van der Waals surface area contributed by atoms with Gasteiger partial charge in [0, 0.05) is 11.2 Å². The molecule has 8 nitrogen and oxygen atoms in total. The number of carbonyl (C=O) groups is 1. The first kappa shape index (κ1) is 20.5. The Kier molecular flexibility index (Phi) is 5.05. The fraction of sp³-hybridized carbons (Fsp3) is 0.476. The molecule has 0 unspecified atom stereocenters. The summed E-state index contributed by atoms with van der Waals surface area (Å²) in [5, 5.41) is 13.6. The van der Waals surface area contributed by atoms with E-state index in [4.69, 9.17) is 11.6 Å². The van der Waals surface area contributed by atoms with Crippen molar-refractivity contribution in [2.24, 2.45) is 17.8 Å². The maximum atomic E-state index is 12.7. The lowest BCUT2D eigenvalue weighted by atomic mass is 9.53. The number of sulfonamides is 1. The molecule has 10 heteroatoms. The van der Waals surface area contributed by atoms with Crippen LogP contribution in [-0.2, 0) is 10.0 Å². The number of rotatable bonds is 5. The van der Waals surface area contributed by atoms with Gasteiger partial charge in [-0.2, -0.15) is 0 Å². The monoisotopic (exact) mass is 461 g/mol. The van der Waals surface area contributed by atoms with Crippen molar-refractivity contribution in [1.29, 1.82) is 0 Å². The summed E-state index contributed by atoms with van der Waals surface area (Å²) in [5.41, 5.74) is 0.457. The van der Waals surface area contributed by atoms with Gasteiger partial charge in [0.2, 0.25) is 0 Å². The van der Waals surface area contributed by atoms with E-state index in [1.807, 2.05) is 0 Å². The number of anilines is 2. The molecule has 0 atom stereocenters. The van der Waals surface area contributed by atoms with Crippen molar-refractivity contribution in [2.75, 3.05) is 10.0 Å². The molecule has 4 bridgehead atoms. The summed E-state index contributed by atoms with van der Waals surface area (Å²) in [6.07, 6.45) is 7.16. The molecule has 6 rings (SSSR count). The number of halogens is 1. The summed E-state index contributed by atoms with van der Waals surface area (Å²) in [4.78, 5) is 12.7. The molecule has 164 valence electrons. The summed E-state index contributed by atoms with van der Waals surface area (Å²) in [7, 11) is -3.83. The van der Waals surface area contributed by atoms with Gasteiger partial charge in [0.1, 0.15) is 0 Å². The highest BCUT2D eigenvalue weighted by Gasteiger charge is 2.51. The molecule has 2 aromatic rings. The minimum atomic E-state index is -3.83. The molecular formula is C21H24ClN5O3S. The van der Waals surface area contributed by atoms with Gasteiger partial charge in [-0.15, -0.1) is 10.2 Å². The van der Waals surface area contributed by atoms with Crippen LogP contribution in [0.1, 0.15) is 38.5 Å². The summed E-state index contributed by atoms with van der Waals surface area (Å²) in [6, 6.07) is 8.66. The van der Waals surface area contributed by atoms with Crippen LogP contribution in [-0.4, -0.2) is 30.2 Å². The van der Waals surface area contributed by atoms with E-state index >= 15 is 0 Å². The molecule has 0 radical (unpaired) electrons. The van der Waals surface area contributed by atoms with E-state index < -0.39 is 10.0 Å². The Morgan fingerprint density at radius 3 is 2.10 bits per heavy atom. The second-order valence-electron chi connectivity index (χ2n) is 9.15. The Labute approximate surface area is 186 Å². The summed E-state index contributed by atoms with van der Waals surface area (Å²) in [5.74, 6) is 2.30. The van der Waals surface area contributed by atoms with Crippen LogP contribution in [0.5, 0.6) is 0 Å². The number of benzene rings is 1. The highest BCUT2D eigenvalue weighted by Crippen LogP contribution is 2.55. The molecule has 1 heterocycles. The molecule has 3 N–H and O–H groups in total. The lowest BCUT2D eigenvalue weighted by Gasteiger charge is -2.56. The second-order valence-corrected chi connectivity index (χ2v) is 11.2. The van der Waals surface area contributed by atoms with E-state index in [0.717, 1.165) is 37.0 Å². The van der Waals surface area contributed by atoms with Gasteiger partial charge in [0.05, 0.1) is 4.90 Å². The van der Waals surface area contributed by atoms with Gasteiger partial charge < -0.3 is 10.6 Å². The highest BCUT2D eigenvalue weighted by atomic mass is 35.5. The quantitative estimate of drug-likeness (QED) is 0.622. The minimum absolute atomic E-state index is 0.0521. The van der Waals surface area contributed by atoms with Gasteiger partial charge in [0.25, 0.3) is 10.0 Å². The normalized spacial score (nSPS) is 28.9. The number of hydrogen-bond donors (Lipinski definition) is 3. The van der Waals surface area contributed by atoms with Gasteiger partial charge in [-0.25, -0.2) is 13.2 Å². The molecule has 0 spiro atoms. The average molecular weight is 462 g/mol. The van der Waals surface area contributed by atoms with Gasteiger partial charge >= 0.3 is 6.03 Å². The molecule has 4 saturated carbocycles. The number of amides is 2. The molecule has 0 saturated heterocycles. The Bertz CT molecular complexity index is 1050. The maximum Gasteiger partial charge on any atom is 0.319 e. The van der Waals surface area contributed by atoms with Gasteiger partial charge in [-0.1, -0.05) is 11.6 Å². The van der Waals surface area contributed by atoms with Gasteiger partial charge in [-0.05, 0) is 92.7 Å². The molecule has 4 aliphatic rings. The fourth-order valence-electron chi connectivity index (χ4n) is 5.95. The number of urea groups is 1. The van der Waals surface area contributed by atoms with E-state index in [9.17, 15) is 13.2 Å². The van der Waals surface area contributed by atoms with Crippen molar-refractivity contribution in [3.8, 4) is 0 Å². The Hall–Kier alpha value is -2.39. The van der Waals surface area contributed by atoms with E-state index in [2.05, 4.69) is 25.6 Å². The van der Waals surface area contributed by atoms with Crippen LogP contribution in [0.25, 0.3) is 0 Å². The number of hydrogen-bond acceptors (Lipinski definition) is 5. The van der Waals surface area contributed by atoms with Crippen LogP contribution in [0.2, 0.25) is 5.15 Å². The number of nitrogens with zero attached hydrogens (tertiary/aromatic N) is 2. The van der Waals surface area contributed by atoms with Crippen molar-refractivity contribution in [3.63, 3.8) is 0 Å². The van der Waals surface area contributed by atoms with Crippen LogP contribution in [0.3, 0.4) is 0 Å². The summed E-state index contributed by atoms with van der Waals surface area (Å²) in [6.45, 7) is 0. The third-order valence-electron chi connectivity index (χ3n) is 6.71. The number of carbonyl (C=O) groups excluding carboxylic acids is 1. The Morgan fingerprint density at radius 1 is 0.935 bits per heavy atom. The SMILES string of the molecule is O=C(Nc1ccc(S(=O)(=O)Nc2ccc(Cl)nn2)cc1)NC12CC3CC(CC(C3)C1)C2. The molecular weight excluding hydrogens is 438 g/mol. The van der Waals surface area contributed by atoms with Crippen LogP contribution in [0.15, 0.2) is 41.3 Å². The van der Waals surface area contributed by atoms with Crippen molar-refractivity contribution in [3.05, 3.63) is 41.6 Å². The highest BCUT2D eigenvalue weighted by molar-refractivity contribution is 7.92. The first-order valence-corrected chi connectivity index (χ1v) is 12.4. The van der Waals surface area contributed by atoms with E-state index in [1.54, 1.807) is 12.1 Å². The van der Waals surface area contributed by atoms with Gasteiger partial charge in [0.15, 0.2) is 11.0 Å². The van der Waals surface area contributed by atoms with Crippen LogP contribution in [0.4, 0.5) is 16.3 Å². The van der Waals surface area contributed by atoms with E-state index in [-0.39, 0.29) is 27.4 Å². The zero-order chi connectivity index (χ0) is 21.6. The van der Waals surface area contributed by atoms with Crippen molar-refractivity contribution < 1.29 is 13.2 Å². The zero-order valence-electron chi connectivity index (χ0n) is 16.8. The van der Waals surface area contributed by atoms with Crippen LogP contribution >= 0.6 is 11.6 Å². The molecule has 2 amide bonds. The molecule has 0 aliphatic heterocycles. The zero-order valence-corrected chi connectivity index (χ0v) is 18.4. The topological polar surface area (TPSA) is 113 Å². The second kappa shape index (κ2) is 7.63. The molecule has 1 aromatic heterocycles. The minimum Gasteiger partial charge on any atom is -0.332 e. The predicted molar refractivity (Wildman–Crippen MR) is 117 cm³/mol. The fourth-order valence-corrected chi connectivity index (χ4v) is 7.05. The molecule has 31 heavy (non-hydrogen) atoms. The number of aromatic nitrogens is 2. The first-order chi connectivity index (χ1) is 14.8. The maximum absolute atomic E-state index is 12.7. The average Bonchev–Trinajstić information content (AvgIpc) is 2.68. The third kappa shape index (κ3) is 4.34. The molecule has 1 aromatic carbocycles. The van der Waals surface area contributed by atoms with E-state index in [0.29, 0.717) is 5.69 Å². The Morgan fingerprint density at radius 2 is 1.55 bits per heavy atom. The number of nitrogens with one attached hydrogen (secondary N) is 3. The summed E-state index contributed by atoms with van der Waals surface area (Å²) >= 11 is 5.67. The molecule has 4 aliphatic carbocycles. The van der Waals surface area contributed by atoms with Crippen LogP contribution in [0, 0.1) is 17.8 Å². The Balaban J connectivity index is 1.22. The van der Waals surface area contributed by atoms with Crippen molar-refractivity contribution in [2.45, 2.75) is 49.0 Å². The predicted octanol–water partition coefficient (Wildman–Crippen LogP) is 4.02. The van der Waals surface area contributed by atoms with Crippen LogP contribution < -0.4 is 15.4 Å². The largest absolute Gasteiger partial charge is 0.332 e. The van der Waals surface area contributed by atoms with Crippen molar-refractivity contribution >= 4 is 39.2 Å². The lowest BCUT2D eigenvalue weighted by molar-refractivity contribution is -0.0127. The summed E-state index contributed by atoms with van der Waals surface area (Å²) < 4.78 is 27.4. The van der Waals surface area contributed by atoms with Gasteiger partial charge in [-0.3, -0.25) is 4.72 Å². The standard InChI is InChI=1S/C21H24ClN5O3S/c22-18-5-6-19(26-25-18)27-31(29,30)17-3-1-16(2-4-17)23-20(28)24-21-10-13-7-14(11-21)9-15(8-13)12-21/h1-6,13-15H,7-12H2,(H,26,27)(H2,23,24,28). The first-order valence-electron chi connectivity index (χ1n) is 10.5. The smallest absolute Gasteiger partial charge is 0.319 e. The van der Waals surface area contributed by atoms with E-state index in [1.165, 1.54) is 43.5 Å². The third-order valence-corrected chi connectivity index (χ3v) is 8.28. The lowest BCUT2D eigenvalue weighted by Crippen LogP contribution is -2.60. The molecule has 4 fully saturated rings. The van der Waals surface area contributed by atoms with Crippen molar-refractivity contribution in [1.82, 2.24) is 15.5 Å².